The molecule has 0 aliphatic rings. The molecule has 0 N–H and O–H groups in total. The van der Waals surface area contributed by atoms with Gasteiger partial charge in [-0.15, -0.1) is 0 Å². The first kappa shape index (κ1) is 12.3. The van der Waals surface area contributed by atoms with E-state index >= 15 is 0 Å². The molecule has 0 unspecified atom stereocenters. The van der Waals surface area contributed by atoms with E-state index in [0.717, 1.165) is 12.1 Å². The van der Waals surface area contributed by atoms with Crippen LogP contribution in [0.5, 0.6) is 11.6 Å². The summed E-state index contributed by atoms with van der Waals surface area (Å²) in [5, 5.41) is 10.5. The first-order valence-corrected chi connectivity index (χ1v) is 5.18. The van der Waals surface area contributed by atoms with Crippen LogP contribution in [-0.4, -0.2) is 9.91 Å². The lowest BCUT2D eigenvalue weighted by Gasteiger charge is -2.05. The van der Waals surface area contributed by atoms with E-state index in [1.54, 1.807) is 6.07 Å². The van der Waals surface area contributed by atoms with Gasteiger partial charge in [0.25, 0.3) is 5.69 Å². The monoisotopic (exact) mass is 268 g/mol. The predicted octanol–water partition coefficient (Wildman–Crippen LogP) is 3.57. The Labute approximate surface area is 106 Å². The molecule has 0 spiro atoms. The lowest BCUT2D eigenvalue weighted by Crippen LogP contribution is -1.94. The van der Waals surface area contributed by atoms with Gasteiger partial charge >= 0.3 is 0 Å². The fourth-order valence-corrected chi connectivity index (χ4v) is 1.45. The Morgan fingerprint density at radius 2 is 2.06 bits per heavy atom. The second-order valence-electron chi connectivity index (χ2n) is 3.28. The van der Waals surface area contributed by atoms with Crippen molar-refractivity contribution in [2.75, 3.05) is 0 Å². The number of nitro groups is 1. The Bertz CT molecular complexity index is 607. The van der Waals surface area contributed by atoms with E-state index in [2.05, 4.69) is 4.98 Å². The van der Waals surface area contributed by atoms with Crippen LogP contribution in [0.4, 0.5) is 10.1 Å². The predicted molar refractivity (Wildman–Crippen MR) is 62.4 cm³/mol. The largest absolute Gasteiger partial charge is 0.436 e. The topological polar surface area (TPSA) is 65.3 Å². The van der Waals surface area contributed by atoms with Gasteiger partial charge in [0.15, 0.2) is 11.6 Å². The van der Waals surface area contributed by atoms with Crippen LogP contribution >= 0.6 is 11.6 Å². The van der Waals surface area contributed by atoms with Crippen LogP contribution in [0.15, 0.2) is 36.4 Å². The number of hydrogen-bond acceptors (Lipinski definition) is 4. The normalized spacial score (nSPS) is 10.1. The van der Waals surface area contributed by atoms with Crippen LogP contribution < -0.4 is 4.74 Å². The summed E-state index contributed by atoms with van der Waals surface area (Å²) in [7, 11) is 0. The standard InChI is InChI=1S/C11H6ClFN2O3/c12-10-5-7(15(16)17)6-11(14-10)18-9-4-2-1-3-8(9)13/h1-6H. The highest BCUT2D eigenvalue weighted by molar-refractivity contribution is 6.29. The molecule has 0 fully saturated rings. The van der Waals surface area contributed by atoms with Crippen LogP contribution in [0.3, 0.4) is 0 Å². The van der Waals surface area contributed by atoms with E-state index in [9.17, 15) is 14.5 Å². The number of para-hydroxylation sites is 1. The molecular weight excluding hydrogens is 263 g/mol. The molecule has 92 valence electrons. The Balaban J connectivity index is 2.35. The zero-order valence-corrected chi connectivity index (χ0v) is 9.60. The van der Waals surface area contributed by atoms with Crippen molar-refractivity contribution in [3.8, 4) is 11.6 Å². The number of halogens is 2. The minimum absolute atomic E-state index is 0.0819. The smallest absolute Gasteiger partial charge is 0.277 e. The first-order chi connectivity index (χ1) is 8.56. The van der Waals surface area contributed by atoms with Gasteiger partial charge in [0.2, 0.25) is 5.88 Å². The van der Waals surface area contributed by atoms with Crippen molar-refractivity contribution in [3.63, 3.8) is 0 Å². The van der Waals surface area contributed by atoms with Crippen LogP contribution in [0, 0.1) is 15.9 Å². The summed E-state index contributed by atoms with van der Waals surface area (Å²) in [5.41, 5.74) is -0.277. The number of hydrogen-bond donors (Lipinski definition) is 0. The second kappa shape index (κ2) is 4.97. The van der Waals surface area contributed by atoms with Crippen molar-refractivity contribution < 1.29 is 14.1 Å². The van der Waals surface area contributed by atoms with E-state index in [4.69, 9.17) is 16.3 Å². The quantitative estimate of drug-likeness (QED) is 0.485. The van der Waals surface area contributed by atoms with Gasteiger partial charge in [-0.25, -0.2) is 9.37 Å². The number of pyridine rings is 1. The average molecular weight is 269 g/mol. The Hall–Kier alpha value is -2.21. The third-order valence-electron chi connectivity index (χ3n) is 2.02. The molecule has 0 aliphatic carbocycles. The van der Waals surface area contributed by atoms with Crippen molar-refractivity contribution >= 4 is 17.3 Å². The number of aromatic nitrogens is 1. The summed E-state index contributed by atoms with van der Waals surface area (Å²) in [6.07, 6.45) is 0. The summed E-state index contributed by atoms with van der Waals surface area (Å²) in [6, 6.07) is 7.79. The van der Waals surface area contributed by atoms with Gasteiger partial charge in [0.05, 0.1) is 17.1 Å². The maximum absolute atomic E-state index is 13.3. The van der Waals surface area contributed by atoms with Crippen molar-refractivity contribution in [3.05, 3.63) is 57.5 Å². The lowest BCUT2D eigenvalue weighted by molar-refractivity contribution is -0.385. The third-order valence-corrected chi connectivity index (χ3v) is 2.21. The molecular formula is C11H6ClFN2O3. The number of rotatable bonds is 3. The number of ether oxygens (including phenoxy) is 1. The molecule has 2 rings (SSSR count). The second-order valence-corrected chi connectivity index (χ2v) is 3.66. The molecule has 0 aliphatic heterocycles. The zero-order chi connectivity index (χ0) is 13.1. The fraction of sp³-hybridized carbons (Fsp3) is 0. The molecule has 0 bridgehead atoms. The van der Waals surface area contributed by atoms with E-state index in [0.29, 0.717) is 0 Å². The maximum atomic E-state index is 13.3. The van der Waals surface area contributed by atoms with E-state index in [1.807, 2.05) is 0 Å². The molecule has 0 amide bonds. The number of benzene rings is 1. The van der Waals surface area contributed by atoms with Crippen molar-refractivity contribution in [1.82, 2.24) is 4.98 Å². The molecule has 5 nitrogen and oxygen atoms in total. The molecule has 0 saturated heterocycles. The van der Waals surface area contributed by atoms with Crippen LogP contribution in [-0.2, 0) is 0 Å². The fourth-order valence-electron chi connectivity index (χ4n) is 1.26. The highest BCUT2D eigenvalue weighted by atomic mass is 35.5. The lowest BCUT2D eigenvalue weighted by atomic mass is 10.3. The maximum Gasteiger partial charge on any atom is 0.277 e. The van der Waals surface area contributed by atoms with Crippen LogP contribution in [0.2, 0.25) is 5.15 Å². The first-order valence-electron chi connectivity index (χ1n) is 4.80. The summed E-state index contributed by atoms with van der Waals surface area (Å²) in [6.45, 7) is 0. The van der Waals surface area contributed by atoms with Gasteiger partial charge in [-0.05, 0) is 12.1 Å². The Morgan fingerprint density at radius 1 is 1.33 bits per heavy atom. The van der Waals surface area contributed by atoms with Crippen molar-refractivity contribution in [1.29, 1.82) is 0 Å². The summed E-state index contributed by atoms with van der Waals surface area (Å²) >= 11 is 5.61. The number of nitrogens with zero attached hydrogens (tertiary/aromatic N) is 2. The van der Waals surface area contributed by atoms with Crippen LogP contribution in [0.25, 0.3) is 0 Å². The molecule has 1 heterocycles. The van der Waals surface area contributed by atoms with Gasteiger partial charge in [-0.1, -0.05) is 23.7 Å². The van der Waals surface area contributed by atoms with Crippen molar-refractivity contribution in [2.24, 2.45) is 0 Å². The van der Waals surface area contributed by atoms with E-state index in [1.165, 1.54) is 18.2 Å². The molecule has 1 aromatic carbocycles. The van der Waals surface area contributed by atoms with Gasteiger partial charge in [-0.2, -0.15) is 0 Å². The van der Waals surface area contributed by atoms with Gasteiger partial charge < -0.3 is 4.74 Å². The van der Waals surface area contributed by atoms with Crippen molar-refractivity contribution in [2.45, 2.75) is 0 Å². The third kappa shape index (κ3) is 2.72. The molecule has 1 aromatic heterocycles. The molecule has 18 heavy (non-hydrogen) atoms. The molecule has 0 radical (unpaired) electrons. The molecule has 0 saturated carbocycles. The molecule has 2 aromatic rings. The van der Waals surface area contributed by atoms with Gasteiger partial charge in [0, 0.05) is 0 Å². The highest BCUT2D eigenvalue weighted by Gasteiger charge is 2.12. The minimum atomic E-state index is -0.637. The SMILES string of the molecule is O=[N+]([O-])c1cc(Cl)nc(Oc2ccccc2F)c1. The summed E-state index contributed by atoms with van der Waals surface area (Å²) in [4.78, 5) is 13.7. The van der Waals surface area contributed by atoms with Gasteiger partial charge in [0.1, 0.15) is 5.15 Å². The average Bonchev–Trinajstić information content (AvgIpc) is 2.31. The highest BCUT2D eigenvalue weighted by Crippen LogP contribution is 2.27. The zero-order valence-electron chi connectivity index (χ0n) is 8.84. The summed E-state index contributed by atoms with van der Waals surface area (Å²) in [5.74, 6) is -0.817. The summed E-state index contributed by atoms with van der Waals surface area (Å²) < 4.78 is 18.4. The molecule has 7 heteroatoms. The van der Waals surface area contributed by atoms with E-state index in [-0.39, 0.29) is 22.5 Å². The van der Waals surface area contributed by atoms with Crippen LogP contribution in [0.1, 0.15) is 0 Å². The minimum Gasteiger partial charge on any atom is -0.436 e. The van der Waals surface area contributed by atoms with E-state index < -0.39 is 10.7 Å². The Kier molecular flexibility index (Phi) is 3.38. The van der Waals surface area contributed by atoms with Gasteiger partial charge in [-0.3, -0.25) is 10.1 Å². The molecule has 0 atom stereocenters. The Morgan fingerprint density at radius 3 is 2.72 bits per heavy atom.